The number of methoxy groups -OCH3 is 1. The van der Waals surface area contributed by atoms with Crippen molar-refractivity contribution in [3.05, 3.63) is 10.0 Å². The van der Waals surface area contributed by atoms with Gasteiger partial charge in [-0.1, -0.05) is 35.8 Å². The van der Waals surface area contributed by atoms with Crippen LogP contribution in [0.5, 0.6) is 0 Å². The molecule has 5 nitrogen and oxygen atoms in total. The lowest BCUT2D eigenvalue weighted by molar-refractivity contribution is 0.0606. The Bertz CT molecular complexity index is 452. The summed E-state index contributed by atoms with van der Waals surface area (Å²) in [5.74, 6) is -0.240. The highest BCUT2D eigenvalue weighted by atomic mass is 35.5. The van der Waals surface area contributed by atoms with Crippen molar-refractivity contribution in [1.29, 1.82) is 0 Å². The van der Waals surface area contributed by atoms with E-state index in [9.17, 15) is 9.90 Å². The van der Waals surface area contributed by atoms with Crippen molar-refractivity contribution in [3.63, 3.8) is 0 Å². The molecule has 1 aliphatic rings. The van der Waals surface area contributed by atoms with Crippen molar-refractivity contribution in [3.8, 4) is 0 Å². The molecular weight excluding hydrogens is 288 g/mol. The monoisotopic (exact) mass is 304 g/mol. The number of nitrogens with one attached hydrogen (secondary N) is 1. The summed E-state index contributed by atoms with van der Waals surface area (Å²) < 4.78 is 4.64. The Morgan fingerprint density at radius 1 is 1.58 bits per heavy atom. The van der Waals surface area contributed by atoms with Gasteiger partial charge in [0.05, 0.1) is 7.11 Å². The zero-order valence-electron chi connectivity index (χ0n) is 10.7. The first-order valence-corrected chi connectivity index (χ1v) is 7.47. The number of carbonyl (C=O) groups is 1. The maximum atomic E-state index is 11.5. The molecule has 1 saturated carbocycles. The van der Waals surface area contributed by atoms with E-state index in [0.29, 0.717) is 10.0 Å². The molecule has 2 atom stereocenters. The number of rotatable bonds is 4. The van der Waals surface area contributed by atoms with Crippen molar-refractivity contribution >= 4 is 34.0 Å². The number of aliphatic hydroxyl groups is 1. The van der Waals surface area contributed by atoms with E-state index in [-0.39, 0.29) is 23.7 Å². The maximum Gasteiger partial charge on any atom is 0.351 e. The van der Waals surface area contributed by atoms with E-state index < -0.39 is 5.97 Å². The van der Waals surface area contributed by atoms with Gasteiger partial charge in [-0.3, -0.25) is 0 Å². The minimum atomic E-state index is -0.474. The first kappa shape index (κ1) is 14.6. The Labute approximate surface area is 120 Å². The highest BCUT2D eigenvalue weighted by molar-refractivity contribution is 7.18. The van der Waals surface area contributed by atoms with Crippen LogP contribution in [0.3, 0.4) is 0 Å². The molecule has 19 heavy (non-hydrogen) atoms. The zero-order chi connectivity index (χ0) is 13.8. The van der Waals surface area contributed by atoms with Crippen LogP contribution in [0.15, 0.2) is 0 Å². The molecule has 1 aliphatic carbocycles. The molecule has 1 aromatic rings. The van der Waals surface area contributed by atoms with Crippen LogP contribution in [-0.4, -0.2) is 35.8 Å². The van der Waals surface area contributed by atoms with Crippen molar-refractivity contribution in [1.82, 2.24) is 4.98 Å². The van der Waals surface area contributed by atoms with Crippen LogP contribution in [0, 0.1) is 5.92 Å². The molecule has 2 N–H and O–H groups in total. The number of anilines is 1. The van der Waals surface area contributed by atoms with Crippen LogP contribution < -0.4 is 5.32 Å². The van der Waals surface area contributed by atoms with Crippen molar-refractivity contribution in [2.24, 2.45) is 5.92 Å². The van der Waals surface area contributed by atoms with Gasteiger partial charge in [0.15, 0.2) is 15.2 Å². The fraction of sp³-hybridized carbons (Fsp3) is 0.667. The fourth-order valence-electron chi connectivity index (χ4n) is 2.36. The Balaban J connectivity index is 2.08. The smallest absolute Gasteiger partial charge is 0.351 e. The van der Waals surface area contributed by atoms with E-state index >= 15 is 0 Å². The summed E-state index contributed by atoms with van der Waals surface area (Å²) >= 11 is 7.10. The van der Waals surface area contributed by atoms with Crippen LogP contribution in [0.1, 0.15) is 35.4 Å². The molecule has 0 aromatic carbocycles. The van der Waals surface area contributed by atoms with Crippen molar-refractivity contribution in [2.45, 2.75) is 31.7 Å². The highest BCUT2D eigenvalue weighted by Gasteiger charge is 2.26. The lowest BCUT2D eigenvalue weighted by Crippen LogP contribution is -2.34. The van der Waals surface area contributed by atoms with E-state index in [1.165, 1.54) is 18.4 Å². The predicted molar refractivity (Wildman–Crippen MR) is 74.9 cm³/mol. The lowest BCUT2D eigenvalue weighted by Gasteiger charge is -2.30. The summed E-state index contributed by atoms with van der Waals surface area (Å²) in [5.41, 5.74) is 0. The van der Waals surface area contributed by atoms with Crippen LogP contribution in [-0.2, 0) is 4.74 Å². The average molecular weight is 305 g/mol. The van der Waals surface area contributed by atoms with Gasteiger partial charge in [0.25, 0.3) is 0 Å². The van der Waals surface area contributed by atoms with E-state index in [4.69, 9.17) is 11.6 Å². The summed E-state index contributed by atoms with van der Waals surface area (Å²) in [5, 5.41) is 13.4. The fourth-order valence-corrected chi connectivity index (χ4v) is 3.52. The van der Waals surface area contributed by atoms with Crippen LogP contribution in [0.25, 0.3) is 0 Å². The van der Waals surface area contributed by atoms with Gasteiger partial charge in [0, 0.05) is 18.6 Å². The van der Waals surface area contributed by atoms with Gasteiger partial charge in [-0.15, -0.1) is 0 Å². The second-order valence-corrected chi connectivity index (χ2v) is 5.97. The SMILES string of the molecule is COC(=O)c1sc(NC2CCCCC2CO)nc1Cl. The minimum Gasteiger partial charge on any atom is -0.465 e. The second-order valence-electron chi connectivity index (χ2n) is 4.61. The van der Waals surface area contributed by atoms with Gasteiger partial charge < -0.3 is 15.2 Å². The molecule has 7 heteroatoms. The Morgan fingerprint density at radius 3 is 3.00 bits per heavy atom. The second kappa shape index (κ2) is 6.54. The topological polar surface area (TPSA) is 71.5 Å². The van der Waals surface area contributed by atoms with Crippen LogP contribution >= 0.6 is 22.9 Å². The van der Waals surface area contributed by atoms with Gasteiger partial charge in [-0.25, -0.2) is 9.78 Å². The summed E-state index contributed by atoms with van der Waals surface area (Å²) in [6.07, 6.45) is 4.29. The molecule has 2 rings (SSSR count). The largest absolute Gasteiger partial charge is 0.465 e. The molecular formula is C12H17ClN2O3S. The van der Waals surface area contributed by atoms with Gasteiger partial charge in [-0.2, -0.15) is 0 Å². The molecule has 0 bridgehead atoms. The first-order chi connectivity index (χ1) is 9.15. The maximum absolute atomic E-state index is 11.5. The third-order valence-electron chi connectivity index (χ3n) is 3.41. The third-order valence-corrected chi connectivity index (χ3v) is 4.76. The Kier molecular flexibility index (Phi) is 5.01. The zero-order valence-corrected chi connectivity index (χ0v) is 12.3. The number of hydrogen-bond acceptors (Lipinski definition) is 6. The van der Waals surface area contributed by atoms with Gasteiger partial charge >= 0.3 is 5.97 Å². The molecule has 1 heterocycles. The molecule has 2 unspecified atom stereocenters. The van der Waals surface area contributed by atoms with Gasteiger partial charge in [0.2, 0.25) is 0 Å². The predicted octanol–water partition coefficient (Wildman–Crippen LogP) is 2.55. The summed E-state index contributed by atoms with van der Waals surface area (Å²) in [6, 6.07) is 0.187. The minimum absolute atomic E-state index is 0.163. The Morgan fingerprint density at radius 2 is 2.32 bits per heavy atom. The number of hydrogen-bond donors (Lipinski definition) is 2. The number of aliphatic hydroxyl groups excluding tert-OH is 1. The molecule has 0 aliphatic heterocycles. The number of thiazole rings is 1. The summed E-state index contributed by atoms with van der Waals surface area (Å²) in [4.78, 5) is 15.9. The number of nitrogens with zero attached hydrogens (tertiary/aromatic N) is 1. The molecule has 0 radical (unpaired) electrons. The third kappa shape index (κ3) is 3.38. The average Bonchev–Trinajstić information content (AvgIpc) is 2.79. The highest BCUT2D eigenvalue weighted by Crippen LogP contribution is 2.31. The van der Waals surface area contributed by atoms with Gasteiger partial charge in [0.1, 0.15) is 0 Å². The lowest BCUT2D eigenvalue weighted by atomic mass is 9.85. The molecule has 1 aromatic heterocycles. The van der Waals surface area contributed by atoms with Crippen LogP contribution in [0.4, 0.5) is 5.13 Å². The molecule has 106 valence electrons. The van der Waals surface area contributed by atoms with Crippen molar-refractivity contribution < 1.29 is 14.6 Å². The number of ether oxygens (including phenoxy) is 1. The number of aromatic nitrogens is 1. The molecule has 0 amide bonds. The normalized spacial score (nSPS) is 23.1. The number of halogens is 1. The molecule has 1 fully saturated rings. The van der Waals surface area contributed by atoms with E-state index in [2.05, 4.69) is 15.0 Å². The van der Waals surface area contributed by atoms with Crippen LogP contribution in [0.2, 0.25) is 5.15 Å². The van der Waals surface area contributed by atoms with Gasteiger partial charge in [-0.05, 0) is 12.8 Å². The number of esters is 1. The van der Waals surface area contributed by atoms with E-state index in [0.717, 1.165) is 25.7 Å². The van der Waals surface area contributed by atoms with E-state index in [1.807, 2.05) is 0 Å². The molecule has 0 saturated heterocycles. The quantitative estimate of drug-likeness (QED) is 0.837. The van der Waals surface area contributed by atoms with E-state index in [1.54, 1.807) is 0 Å². The summed E-state index contributed by atoms with van der Waals surface area (Å²) in [6.45, 7) is 0.167. The number of carbonyl (C=O) groups excluding carboxylic acids is 1. The van der Waals surface area contributed by atoms with Crippen molar-refractivity contribution in [2.75, 3.05) is 19.0 Å². The summed E-state index contributed by atoms with van der Waals surface area (Å²) in [7, 11) is 1.31. The standard InChI is InChI=1S/C12H17ClN2O3S/c1-18-11(17)9-10(13)15-12(19-9)14-8-5-3-2-4-7(8)6-16/h7-8,16H,2-6H2,1H3,(H,14,15). The Hall–Kier alpha value is -0.850. The molecule has 0 spiro atoms. The first-order valence-electron chi connectivity index (χ1n) is 6.27.